The predicted octanol–water partition coefficient (Wildman–Crippen LogP) is 4.30. The topological polar surface area (TPSA) is 173 Å². The lowest BCUT2D eigenvalue weighted by Gasteiger charge is -2.30. The molecule has 2 aromatic rings. The minimum absolute atomic E-state index is 0.0294. The van der Waals surface area contributed by atoms with Crippen molar-refractivity contribution in [3.8, 4) is 5.19 Å². The number of alkyl carbamates (subject to hydrolysis) is 1. The molecule has 1 saturated heterocycles. The molecule has 1 aromatic heterocycles. The van der Waals surface area contributed by atoms with Crippen LogP contribution in [0.15, 0.2) is 34.8 Å². The van der Waals surface area contributed by atoms with Crippen molar-refractivity contribution in [3.05, 3.63) is 34.8 Å². The summed E-state index contributed by atoms with van der Waals surface area (Å²) in [5, 5.41) is 5.36. The summed E-state index contributed by atoms with van der Waals surface area (Å²) >= 11 is 4.81. The zero-order chi connectivity index (χ0) is 35.1. The van der Waals surface area contributed by atoms with Crippen LogP contribution in [-0.2, 0) is 29.1 Å². The van der Waals surface area contributed by atoms with Crippen LogP contribution in [0.2, 0.25) is 0 Å². The van der Waals surface area contributed by atoms with E-state index in [9.17, 15) is 27.6 Å². The summed E-state index contributed by atoms with van der Waals surface area (Å²) in [6, 6.07) is 3.63. The second-order valence-electron chi connectivity index (χ2n) is 14.3. The van der Waals surface area contributed by atoms with Crippen LogP contribution in [0.1, 0.15) is 78.6 Å². The largest absolute Gasteiger partial charge is 0.465 e. The van der Waals surface area contributed by atoms with Gasteiger partial charge in [-0.3, -0.25) is 19.1 Å². The van der Waals surface area contributed by atoms with Crippen LogP contribution in [0.5, 0.6) is 5.19 Å². The predicted molar refractivity (Wildman–Crippen MR) is 186 cm³/mol. The SMILES string of the molecule is CC(C)(C)OC(=O)N[C@H]1CCCCCC=C[C@@H]2C[C@@]2(C(=O)NS(=O)(=O)C2CC2)NC(=O)[C@@H]2C[C@@H](Oc3nc4ccc(Br)cc4s3)CN2C1=O. The molecule has 3 N–H and O–H groups in total. The zero-order valence-corrected chi connectivity index (χ0v) is 30.9. The summed E-state index contributed by atoms with van der Waals surface area (Å²) in [5.41, 5.74) is -1.52. The molecular formula is C33H42BrN5O8S2. The molecule has 2 saturated carbocycles. The van der Waals surface area contributed by atoms with E-state index in [-0.39, 0.29) is 19.4 Å². The molecule has 0 radical (unpaired) electrons. The normalized spacial score (nSPS) is 28.0. The first-order valence-electron chi connectivity index (χ1n) is 16.7. The molecule has 6 rings (SSSR count). The number of nitrogens with one attached hydrogen (secondary N) is 3. The smallest absolute Gasteiger partial charge is 0.408 e. The fourth-order valence-electron chi connectivity index (χ4n) is 6.37. The summed E-state index contributed by atoms with van der Waals surface area (Å²) in [6.07, 6.45) is 6.99. The van der Waals surface area contributed by atoms with Gasteiger partial charge in [0, 0.05) is 16.8 Å². The van der Waals surface area contributed by atoms with Crippen molar-refractivity contribution < 1.29 is 37.1 Å². The number of carbonyl (C=O) groups excluding carboxylic acids is 4. The number of allylic oxidation sites excluding steroid dienone is 1. The number of thiazole rings is 1. The summed E-state index contributed by atoms with van der Waals surface area (Å²) in [5.74, 6) is -2.26. The lowest BCUT2D eigenvalue weighted by Crippen LogP contribution is -2.58. The van der Waals surface area contributed by atoms with Gasteiger partial charge in [-0.2, -0.15) is 0 Å². The third-order valence-corrected chi connectivity index (χ3v) is 12.4. The summed E-state index contributed by atoms with van der Waals surface area (Å²) in [4.78, 5) is 60.9. The van der Waals surface area contributed by atoms with Crippen LogP contribution in [0.25, 0.3) is 10.2 Å². The molecule has 13 nitrogen and oxygen atoms in total. The van der Waals surface area contributed by atoms with E-state index in [0.717, 1.165) is 27.5 Å². The van der Waals surface area contributed by atoms with Crippen LogP contribution in [0.3, 0.4) is 0 Å². The van der Waals surface area contributed by atoms with Gasteiger partial charge in [0.2, 0.25) is 21.8 Å². The number of nitrogens with zero attached hydrogens (tertiary/aromatic N) is 2. The molecule has 4 aliphatic rings. The number of rotatable bonds is 6. The third-order valence-electron chi connectivity index (χ3n) is 9.13. The first-order chi connectivity index (χ1) is 23.1. The monoisotopic (exact) mass is 779 g/mol. The third kappa shape index (κ3) is 8.39. The van der Waals surface area contributed by atoms with Gasteiger partial charge in [0.1, 0.15) is 29.3 Å². The lowest BCUT2D eigenvalue weighted by atomic mass is 10.0. The average molecular weight is 781 g/mol. The molecule has 4 amide bonds. The number of hydrogen-bond acceptors (Lipinski definition) is 10. The van der Waals surface area contributed by atoms with Crippen molar-refractivity contribution in [2.24, 2.45) is 5.92 Å². The quantitative estimate of drug-likeness (QED) is 0.362. The Kier molecular flexibility index (Phi) is 10.0. The molecule has 49 heavy (non-hydrogen) atoms. The Balaban J connectivity index is 1.28. The van der Waals surface area contributed by atoms with Gasteiger partial charge in [0.15, 0.2) is 0 Å². The van der Waals surface area contributed by atoms with Crippen molar-refractivity contribution in [2.45, 2.75) is 113 Å². The molecule has 16 heteroatoms. The highest BCUT2D eigenvalue weighted by Gasteiger charge is 2.62. The highest BCUT2D eigenvalue weighted by atomic mass is 79.9. The van der Waals surface area contributed by atoms with Crippen molar-refractivity contribution in [2.75, 3.05) is 6.54 Å². The molecule has 0 spiro atoms. The Bertz CT molecular complexity index is 1770. The molecular weight excluding hydrogens is 738 g/mol. The van der Waals surface area contributed by atoms with Crippen LogP contribution >= 0.6 is 27.3 Å². The van der Waals surface area contributed by atoms with E-state index >= 15 is 0 Å². The Labute approximate surface area is 298 Å². The number of hydrogen-bond donors (Lipinski definition) is 3. The molecule has 2 aliphatic heterocycles. The van der Waals surface area contributed by atoms with E-state index in [0.29, 0.717) is 37.3 Å². The Morgan fingerprint density at radius 1 is 1.14 bits per heavy atom. The molecule has 5 atom stereocenters. The minimum Gasteiger partial charge on any atom is -0.465 e. The number of carbonyl (C=O) groups is 4. The van der Waals surface area contributed by atoms with Gasteiger partial charge in [-0.1, -0.05) is 52.3 Å². The van der Waals surface area contributed by atoms with Gasteiger partial charge >= 0.3 is 6.09 Å². The summed E-state index contributed by atoms with van der Waals surface area (Å²) < 4.78 is 41.2. The maximum atomic E-state index is 14.3. The number of amides is 4. The van der Waals surface area contributed by atoms with Gasteiger partial charge in [0.05, 0.1) is 22.0 Å². The Morgan fingerprint density at radius 2 is 1.92 bits per heavy atom. The molecule has 0 bridgehead atoms. The minimum atomic E-state index is -3.87. The highest BCUT2D eigenvalue weighted by molar-refractivity contribution is 9.10. The Morgan fingerprint density at radius 3 is 2.65 bits per heavy atom. The number of fused-ring (bicyclic) bond motifs is 3. The first-order valence-corrected chi connectivity index (χ1v) is 19.9. The van der Waals surface area contributed by atoms with E-state index in [4.69, 9.17) is 9.47 Å². The van der Waals surface area contributed by atoms with Crippen LogP contribution < -0.4 is 20.1 Å². The second kappa shape index (κ2) is 13.8. The van der Waals surface area contributed by atoms with Crippen LogP contribution in [0, 0.1) is 5.92 Å². The van der Waals surface area contributed by atoms with Gasteiger partial charge in [0.25, 0.3) is 11.1 Å². The van der Waals surface area contributed by atoms with Gasteiger partial charge in [-0.25, -0.2) is 18.2 Å². The number of aromatic nitrogens is 1. The van der Waals surface area contributed by atoms with E-state index in [2.05, 4.69) is 36.3 Å². The van der Waals surface area contributed by atoms with E-state index in [1.165, 1.54) is 16.2 Å². The van der Waals surface area contributed by atoms with Crippen molar-refractivity contribution in [1.29, 1.82) is 0 Å². The number of halogens is 1. The van der Waals surface area contributed by atoms with Gasteiger partial charge in [-0.15, -0.1) is 0 Å². The van der Waals surface area contributed by atoms with E-state index in [1.54, 1.807) is 20.8 Å². The number of ether oxygens (including phenoxy) is 2. The lowest BCUT2D eigenvalue weighted by molar-refractivity contribution is -0.141. The van der Waals surface area contributed by atoms with Crippen molar-refractivity contribution in [3.63, 3.8) is 0 Å². The molecule has 3 fully saturated rings. The Hall–Kier alpha value is -3.24. The van der Waals surface area contributed by atoms with Crippen LogP contribution in [0.4, 0.5) is 4.79 Å². The molecule has 1 aromatic carbocycles. The second-order valence-corrected chi connectivity index (χ2v) is 18.2. The number of benzene rings is 1. The molecule has 266 valence electrons. The summed E-state index contributed by atoms with van der Waals surface area (Å²) in [7, 11) is -3.87. The molecule has 2 aliphatic carbocycles. The maximum absolute atomic E-state index is 14.3. The highest BCUT2D eigenvalue weighted by Crippen LogP contribution is 2.46. The van der Waals surface area contributed by atoms with Crippen molar-refractivity contribution in [1.82, 2.24) is 25.2 Å². The fraction of sp³-hybridized carbons (Fsp3) is 0.606. The molecule has 3 heterocycles. The standard InChI is InChI=1S/C33H42BrN5O8S2/c1-32(2,3)47-30(43)35-24-10-8-6-4-5-7-9-19-17-33(19,29(42)38-49(44,45)22-12-13-22)37-27(40)25-16-21(18-39(25)28(24)41)46-31-36-23-14-11-20(34)15-26(23)48-31/h7,9,11,14-15,19,21-22,24-25H,4-6,8,10,12-13,16-18H2,1-3H3,(H,35,43)(H,37,40)(H,38,42)/t19-,21-,24+,25+,33-/m1/s1. The van der Waals surface area contributed by atoms with Gasteiger partial charge < -0.3 is 25.0 Å². The fourth-order valence-corrected chi connectivity index (χ4v) is 9.16. The first kappa shape index (κ1) is 35.6. The van der Waals surface area contributed by atoms with Crippen LogP contribution in [-0.4, -0.2) is 83.2 Å². The van der Waals surface area contributed by atoms with E-state index < -0.39 is 74.3 Å². The maximum Gasteiger partial charge on any atom is 0.408 e. The average Bonchev–Trinajstić information content (AvgIpc) is 3.90. The molecule has 0 unspecified atom stereocenters. The zero-order valence-electron chi connectivity index (χ0n) is 27.7. The van der Waals surface area contributed by atoms with Crippen molar-refractivity contribution >= 4 is 71.3 Å². The van der Waals surface area contributed by atoms with E-state index in [1.807, 2.05) is 30.4 Å². The van der Waals surface area contributed by atoms with Gasteiger partial charge in [-0.05, 0) is 77.5 Å². The number of sulfonamides is 1. The summed E-state index contributed by atoms with van der Waals surface area (Å²) in [6.45, 7) is 5.22.